The maximum absolute atomic E-state index is 6.02. The number of nitrogens with zero attached hydrogens (tertiary/aromatic N) is 1. The molecule has 2 rings (SSSR count). The standard InChI is InChI=1S/C15H16N2O.ClH/c1-11-6-5-7-12(10-11)17-15(16)13-8-3-4-9-14(13)18-2;/h3-10H,1-2H3,(H2,16,17);1H. The van der Waals surface area contributed by atoms with Gasteiger partial charge in [-0.15, -0.1) is 12.4 Å². The number of halogens is 1. The van der Waals surface area contributed by atoms with Crippen molar-refractivity contribution in [3.63, 3.8) is 0 Å². The molecule has 0 aliphatic heterocycles. The minimum atomic E-state index is 0. The molecule has 0 radical (unpaired) electrons. The van der Waals surface area contributed by atoms with Gasteiger partial charge in [-0.3, -0.25) is 0 Å². The van der Waals surface area contributed by atoms with E-state index in [1.54, 1.807) is 7.11 Å². The lowest BCUT2D eigenvalue weighted by Crippen LogP contribution is -2.13. The second-order valence-corrected chi connectivity index (χ2v) is 4.04. The molecule has 0 heterocycles. The van der Waals surface area contributed by atoms with E-state index in [2.05, 4.69) is 4.99 Å². The molecule has 0 unspecified atom stereocenters. The number of hydrogen-bond acceptors (Lipinski definition) is 2. The molecule has 4 heteroatoms. The van der Waals surface area contributed by atoms with Crippen LogP contribution >= 0.6 is 12.4 Å². The molecule has 0 aliphatic rings. The summed E-state index contributed by atoms with van der Waals surface area (Å²) >= 11 is 0. The number of methoxy groups -OCH3 is 1. The maximum atomic E-state index is 6.02. The van der Waals surface area contributed by atoms with Crippen LogP contribution in [0.3, 0.4) is 0 Å². The fraction of sp³-hybridized carbons (Fsp3) is 0.133. The van der Waals surface area contributed by atoms with Crippen molar-refractivity contribution in [3.8, 4) is 5.75 Å². The topological polar surface area (TPSA) is 47.6 Å². The highest BCUT2D eigenvalue weighted by Gasteiger charge is 2.05. The van der Waals surface area contributed by atoms with E-state index in [0.29, 0.717) is 5.84 Å². The Morgan fingerprint density at radius 2 is 1.84 bits per heavy atom. The third-order valence-electron chi connectivity index (χ3n) is 2.63. The van der Waals surface area contributed by atoms with Crippen molar-refractivity contribution < 1.29 is 4.74 Å². The Labute approximate surface area is 119 Å². The van der Waals surface area contributed by atoms with Crippen LogP contribution in [0.1, 0.15) is 11.1 Å². The number of benzene rings is 2. The lowest BCUT2D eigenvalue weighted by atomic mass is 10.2. The number of aryl methyl sites for hydroxylation is 1. The number of aliphatic imine (C=N–C) groups is 1. The van der Waals surface area contributed by atoms with Crippen molar-refractivity contribution in [2.24, 2.45) is 10.7 Å². The summed E-state index contributed by atoms with van der Waals surface area (Å²) in [6.07, 6.45) is 0. The number of para-hydroxylation sites is 1. The van der Waals surface area contributed by atoms with Gasteiger partial charge in [-0.1, -0.05) is 24.3 Å². The van der Waals surface area contributed by atoms with E-state index in [1.807, 2.05) is 55.5 Å². The average molecular weight is 277 g/mol. The smallest absolute Gasteiger partial charge is 0.135 e. The van der Waals surface area contributed by atoms with Gasteiger partial charge in [0.2, 0.25) is 0 Å². The normalized spacial score (nSPS) is 10.7. The first kappa shape index (κ1) is 15.1. The average Bonchev–Trinajstić information content (AvgIpc) is 2.38. The van der Waals surface area contributed by atoms with E-state index in [4.69, 9.17) is 10.5 Å². The van der Waals surface area contributed by atoms with E-state index in [-0.39, 0.29) is 12.4 Å². The minimum Gasteiger partial charge on any atom is -0.496 e. The Morgan fingerprint density at radius 3 is 2.53 bits per heavy atom. The fourth-order valence-corrected chi connectivity index (χ4v) is 1.75. The molecule has 0 aromatic heterocycles. The van der Waals surface area contributed by atoms with E-state index in [1.165, 1.54) is 0 Å². The number of hydrogen-bond donors (Lipinski definition) is 1. The van der Waals surface area contributed by atoms with Crippen molar-refractivity contribution in [3.05, 3.63) is 59.7 Å². The highest BCUT2D eigenvalue weighted by atomic mass is 35.5. The minimum absolute atomic E-state index is 0. The molecule has 0 aliphatic carbocycles. The van der Waals surface area contributed by atoms with Crippen LogP contribution in [0, 0.1) is 6.92 Å². The molecule has 0 fully saturated rings. The Balaban J connectivity index is 0.00000180. The van der Waals surface area contributed by atoms with Crippen molar-refractivity contribution in [1.29, 1.82) is 0 Å². The molecule has 2 aromatic carbocycles. The largest absolute Gasteiger partial charge is 0.496 e. The lowest BCUT2D eigenvalue weighted by Gasteiger charge is -2.07. The summed E-state index contributed by atoms with van der Waals surface area (Å²) in [7, 11) is 1.62. The van der Waals surface area contributed by atoms with Crippen LogP contribution < -0.4 is 10.5 Å². The van der Waals surface area contributed by atoms with Gasteiger partial charge in [0, 0.05) is 0 Å². The van der Waals surface area contributed by atoms with Crippen LogP contribution in [0.4, 0.5) is 5.69 Å². The van der Waals surface area contributed by atoms with Crippen LogP contribution in [0.5, 0.6) is 5.75 Å². The van der Waals surface area contributed by atoms with Gasteiger partial charge < -0.3 is 10.5 Å². The quantitative estimate of drug-likeness (QED) is 0.689. The highest BCUT2D eigenvalue weighted by molar-refractivity contribution is 6.01. The monoisotopic (exact) mass is 276 g/mol. The second-order valence-electron chi connectivity index (χ2n) is 4.04. The van der Waals surface area contributed by atoms with E-state index in [9.17, 15) is 0 Å². The van der Waals surface area contributed by atoms with E-state index in [0.717, 1.165) is 22.6 Å². The van der Waals surface area contributed by atoms with Crippen molar-refractivity contribution in [2.75, 3.05) is 7.11 Å². The zero-order chi connectivity index (χ0) is 13.0. The zero-order valence-corrected chi connectivity index (χ0v) is 11.8. The Kier molecular flexibility index (Phi) is 5.39. The van der Waals surface area contributed by atoms with Crippen molar-refractivity contribution in [1.82, 2.24) is 0 Å². The molecule has 0 amide bonds. The predicted octanol–water partition coefficient (Wildman–Crippen LogP) is 3.46. The first-order chi connectivity index (χ1) is 8.70. The lowest BCUT2D eigenvalue weighted by molar-refractivity contribution is 0.414. The van der Waals surface area contributed by atoms with Crippen LogP contribution in [-0.4, -0.2) is 12.9 Å². The van der Waals surface area contributed by atoms with Gasteiger partial charge in [-0.25, -0.2) is 4.99 Å². The van der Waals surface area contributed by atoms with Gasteiger partial charge in [0.1, 0.15) is 11.6 Å². The SMILES string of the molecule is COc1ccccc1C(N)=Nc1cccc(C)c1.Cl. The molecule has 100 valence electrons. The van der Waals surface area contributed by atoms with Gasteiger partial charge >= 0.3 is 0 Å². The van der Waals surface area contributed by atoms with Gasteiger partial charge in [-0.05, 0) is 36.8 Å². The molecule has 0 saturated carbocycles. The summed E-state index contributed by atoms with van der Waals surface area (Å²) in [5.41, 5.74) is 8.83. The maximum Gasteiger partial charge on any atom is 0.135 e. The van der Waals surface area contributed by atoms with Gasteiger partial charge in [0.25, 0.3) is 0 Å². The summed E-state index contributed by atoms with van der Waals surface area (Å²) in [5, 5.41) is 0. The van der Waals surface area contributed by atoms with Crippen LogP contribution in [0.15, 0.2) is 53.5 Å². The predicted molar refractivity (Wildman–Crippen MR) is 81.8 cm³/mol. The molecule has 0 saturated heterocycles. The summed E-state index contributed by atoms with van der Waals surface area (Å²) < 4.78 is 5.27. The summed E-state index contributed by atoms with van der Waals surface area (Å²) in [6, 6.07) is 15.5. The molecule has 0 bridgehead atoms. The number of rotatable bonds is 3. The number of nitrogens with two attached hydrogens (primary N) is 1. The number of ether oxygens (including phenoxy) is 1. The Hall–Kier alpha value is -2.00. The second kappa shape index (κ2) is 6.81. The first-order valence-electron chi connectivity index (χ1n) is 5.75. The molecule has 2 aromatic rings. The third-order valence-corrected chi connectivity index (χ3v) is 2.63. The Morgan fingerprint density at radius 1 is 1.11 bits per heavy atom. The molecular weight excluding hydrogens is 260 g/mol. The van der Waals surface area contributed by atoms with Crippen LogP contribution in [0.25, 0.3) is 0 Å². The van der Waals surface area contributed by atoms with Gasteiger partial charge in [0.15, 0.2) is 0 Å². The highest BCUT2D eigenvalue weighted by Crippen LogP contribution is 2.20. The molecular formula is C15H17ClN2O. The third kappa shape index (κ3) is 3.73. The molecule has 3 nitrogen and oxygen atoms in total. The van der Waals surface area contributed by atoms with E-state index < -0.39 is 0 Å². The van der Waals surface area contributed by atoms with Crippen molar-refractivity contribution >= 4 is 23.9 Å². The van der Waals surface area contributed by atoms with Crippen LogP contribution in [-0.2, 0) is 0 Å². The molecule has 19 heavy (non-hydrogen) atoms. The molecule has 0 spiro atoms. The van der Waals surface area contributed by atoms with Crippen molar-refractivity contribution in [2.45, 2.75) is 6.92 Å². The Bertz CT molecular complexity index is 582. The first-order valence-corrected chi connectivity index (χ1v) is 5.75. The number of amidine groups is 1. The van der Waals surface area contributed by atoms with Crippen LogP contribution in [0.2, 0.25) is 0 Å². The summed E-state index contributed by atoms with van der Waals surface area (Å²) in [5.74, 6) is 1.18. The van der Waals surface area contributed by atoms with Gasteiger partial charge in [0.05, 0.1) is 18.4 Å². The summed E-state index contributed by atoms with van der Waals surface area (Å²) in [6.45, 7) is 2.03. The molecule has 2 N–H and O–H groups in total. The molecule has 0 atom stereocenters. The fourth-order valence-electron chi connectivity index (χ4n) is 1.75. The van der Waals surface area contributed by atoms with E-state index >= 15 is 0 Å². The zero-order valence-electron chi connectivity index (χ0n) is 11.0. The summed E-state index contributed by atoms with van der Waals surface area (Å²) in [4.78, 5) is 4.41. The van der Waals surface area contributed by atoms with Gasteiger partial charge in [-0.2, -0.15) is 0 Å².